The molecular formula is C19H16N2O5. The summed E-state index contributed by atoms with van der Waals surface area (Å²) in [5, 5.41) is 4.12. The first-order valence-electron chi connectivity index (χ1n) is 8.41. The zero-order valence-electron chi connectivity index (χ0n) is 14.1. The lowest BCUT2D eigenvalue weighted by molar-refractivity contribution is 0.171. The first-order valence-corrected chi connectivity index (χ1v) is 8.41. The Kier molecular flexibility index (Phi) is 3.44. The number of fused-ring (bicyclic) bond motifs is 2. The van der Waals surface area contributed by atoms with Crippen molar-refractivity contribution in [2.45, 2.75) is 12.8 Å². The Labute approximate surface area is 149 Å². The van der Waals surface area contributed by atoms with Crippen LogP contribution in [-0.2, 0) is 0 Å². The fourth-order valence-corrected chi connectivity index (χ4v) is 3.04. The molecule has 0 spiro atoms. The predicted molar refractivity (Wildman–Crippen MR) is 90.8 cm³/mol. The molecule has 0 radical (unpaired) electrons. The van der Waals surface area contributed by atoms with E-state index in [1.165, 1.54) is 0 Å². The minimum atomic E-state index is -0.0667. The molecule has 0 bridgehead atoms. The molecule has 1 aromatic heterocycles. The molecule has 2 aliphatic heterocycles. The number of hydrogen-bond acceptors (Lipinski definition) is 7. The molecule has 132 valence electrons. The Hall–Kier alpha value is -3.22. The van der Waals surface area contributed by atoms with Gasteiger partial charge in [-0.1, -0.05) is 11.2 Å². The van der Waals surface area contributed by atoms with E-state index in [-0.39, 0.29) is 12.7 Å². The summed E-state index contributed by atoms with van der Waals surface area (Å²) in [6.45, 7) is 3.36. The van der Waals surface area contributed by atoms with E-state index in [4.69, 9.17) is 23.5 Å². The van der Waals surface area contributed by atoms with Crippen LogP contribution in [0.2, 0.25) is 0 Å². The Morgan fingerprint density at radius 1 is 0.846 bits per heavy atom. The molecule has 5 rings (SSSR count). The van der Waals surface area contributed by atoms with Crippen LogP contribution in [0.3, 0.4) is 0 Å². The SMILES string of the molecule is C[C@@H](c1ccc2c(c1)OCO2)c1nc(-c2ccc3c(c2)OCCO3)no1. The fraction of sp³-hybridized carbons (Fsp3) is 0.263. The number of hydrogen-bond donors (Lipinski definition) is 0. The summed E-state index contributed by atoms with van der Waals surface area (Å²) in [5.41, 5.74) is 1.84. The van der Waals surface area contributed by atoms with Gasteiger partial charge in [0, 0.05) is 5.56 Å². The Bertz CT molecular complexity index is 968. The van der Waals surface area contributed by atoms with E-state index in [0.717, 1.165) is 28.4 Å². The van der Waals surface area contributed by atoms with Crippen LogP contribution in [0.4, 0.5) is 0 Å². The number of ether oxygens (including phenoxy) is 4. The van der Waals surface area contributed by atoms with Gasteiger partial charge in [-0.2, -0.15) is 4.98 Å². The summed E-state index contributed by atoms with van der Waals surface area (Å²) in [6, 6.07) is 11.4. The van der Waals surface area contributed by atoms with Crippen LogP contribution in [0.1, 0.15) is 24.3 Å². The number of rotatable bonds is 3. The summed E-state index contributed by atoms with van der Waals surface area (Å²) in [4.78, 5) is 4.55. The van der Waals surface area contributed by atoms with Crippen LogP contribution in [0, 0.1) is 0 Å². The molecule has 0 amide bonds. The average molecular weight is 352 g/mol. The molecule has 7 heteroatoms. The van der Waals surface area contributed by atoms with Gasteiger partial charge in [-0.25, -0.2) is 0 Å². The molecule has 1 atom stereocenters. The third kappa shape index (κ3) is 2.52. The molecule has 0 fully saturated rings. The molecule has 3 heterocycles. The molecule has 26 heavy (non-hydrogen) atoms. The highest BCUT2D eigenvalue weighted by atomic mass is 16.7. The molecule has 0 saturated carbocycles. The maximum Gasteiger partial charge on any atom is 0.234 e. The van der Waals surface area contributed by atoms with Gasteiger partial charge in [0.15, 0.2) is 23.0 Å². The summed E-state index contributed by atoms with van der Waals surface area (Å²) >= 11 is 0. The van der Waals surface area contributed by atoms with Crippen LogP contribution < -0.4 is 18.9 Å². The lowest BCUT2D eigenvalue weighted by Crippen LogP contribution is -2.15. The van der Waals surface area contributed by atoms with Gasteiger partial charge < -0.3 is 23.5 Å². The standard InChI is InChI=1S/C19H16N2O5/c1-11(12-2-4-15-17(8-12)25-10-24-15)19-20-18(21-26-19)13-3-5-14-16(9-13)23-7-6-22-14/h2-5,8-9,11H,6-7,10H2,1H3/t11-/m0/s1. The van der Waals surface area contributed by atoms with Gasteiger partial charge in [-0.05, 0) is 42.8 Å². The lowest BCUT2D eigenvalue weighted by atomic mass is 10.0. The number of aromatic nitrogens is 2. The predicted octanol–water partition coefficient (Wildman–Crippen LogP) is 3.39. The summed E-state index contributed by atoms with van der Waals surface area (Å²) in [7, 11) is 0. The van der Waals surface area contributed by atoms with Crippen LogP contribution in [0.5, 0.6) is 23.0 Å². The zero-order valence-corrected chi connectivity index (χ0v) is 14.1. The topological polar surface area (TPSA) is 75.8 Å². The smallest absolute Gasteiger partial charge is 0.234 e. The van der Waals surface area contributed by atoms with Crippen LogP contribution in [0.15, 0.2) is 40.9 Å². The minimum Gasteiger partial charge on any atom is -0.486 e. The van der Waals surface area contributed by atoms with E-state index in [1.807, 2.05) is 43.3 Å². The summed E-state index contributed by atoms with van der Waals surface area (Å²) in [5.74, 6) is 3.91. The molecule has 0 unspecified atom stereocenters. The molecular weight excluding hydrogens is 336 g/mol. The van der Waals surface area contributed by atoms with E-state index in [9.17, 15) is 0 Å². The van der Waals surface area contributed by atoms with E-state index < -0.39 is 0 Å². The third-order valence-corrected chi connectivity index (χ3v) is 4.51. The number of nitrogens with zero attached hydrogens (tertiary/aromatic N) is 2. The van der Waals surface area contributed by atoms with Crippen LogP contribution in [0.25, 0.3) is 11.4 Å². The second-order valence-corrected chi connectivity index (χ2v) is 6.15. The van der Waals surface area contributed by atoms with Gasteiger partial charge in [0.25, 0.3) is 0 Å². The van der Waals surface area contributed by atoms with Crippen molar-refractivity contribution in [1.82, 2.24) is 10.1 Å². The van der Waals surface area contributed by atoms with Crippen molar-refractivity contribution < 1.29 is 23.5 Å². The molecule has 7 nitrogen and oxygen atoms in total. The zero-order chi connectivity index (χ0) is 17.5. The van der Waals surface area contributed by atoms with E-state index in [0.29, 0.717) is 30.7 Å². The van der Waals surface area contributed by atoms with Crippen molar-refractivity contribution in [3.05, 3.63) is 47.9 Å². The monoisotopic (exact) mass is 352 g/mol. The van der Waals surface area contributed by atoms with Gasteiger partial charge in [0.05, 0.1) is 5.92 Å². The molecule has 3 aromatic rings. The summed E-state index contributed by atoms with van der Waals surface area (Å²) in [6.07, 6.45) is 0. The van der Waals surface area contributed by atoms with Crippen molar-refractivity contribution in [1.29, 1.82) is 0 Å². The first kappa shape index (κ1) is 15.1. The van der Waals surface area contributed by atoms with Crippen molar-refractivity contribution >= 4 is 0 Å². The Morgan fingerprint density at radius 3 is 2.50 bits per heavy atom. The largest absolute Gasteiger partial charge is 0.486 e. The van der Waals surface area contributed by atoms with Gasteiger partial charge in [0.2, 0.25) is 18.5 Å². The normalized spacial score (nSPS) is 15.7. The highest BCUT2D eigenvalue weighted by Gasteiger charge is 2.21. The molecule has 0 saturated heterocycles. The second kappa shape index (κ2) is 5.94. The van der Waals surface area contributed by atoms with Crippen molar-refractivity contribution in [3.8, 4) is 34.4 Å². The molecule has 0 aliphatic carbocycles. The molecule has 2 aromatic carbocycles. The highest BCUT2D eigenvalue weighted by Crippen LogP contribution is 2.37. The second-order valence-electron chi connectivity index (χ2n) is 6.15. The highest BCUT2D eigenvalue weighted by molar-refractivity contribution is 5.61. The third-order valence-electron chi connectivity index (χ3n) is 4.51. The van der Waals surface area contributed by atoms with E-state index in [1.54, 1.807) is 0 Å². The van der Waals surface area contributed by atoms with Crippen molar-refractivity contribution in [3.63, 3.8) is 0 Å². The molecule has 2 aliphatic rings. The number of benzene rings is 2. The van der Waals surface area contributed by atoms with Gasteiger partial charge in [0.1, 0.15) is 13.2 Å². The lowest BCUT2D eigenvalue weighted by Gasteiger charge is -2.18. The van der Waals surface area contributed by atoms with Gasteiger partial charge >= 0.3 is 0 Å². The van der Waals surface area contributed by atoms with Crippen LogP contribution in [-0.4, -0.2) is 30.1 Å². The maximum atomic E-state index is 5.61. The van der Waals surface area contributed by atoms with Crippen molar-refractivity contribution in [2.75, 3.05) is 20.0 Å². The Balaban J connectivity index is 1.43. The van der Waals surface area contributed by atoms with Gasteiger partial charge in [-0.3, -0.25) is 0 Å². The fourth-order valence-electron chi connectivity index (χ4n) is 3.04. The van der Waals surface area contributed by atoms with E-state index in [2.05, 4.69) is 10.1 Å². The molecule has 0 N–H and O–H groups in total. The van der Waals surface area contributed by atoms with Crippen LogP contribution >= 0.6 is 0 Å². The first-order chi connectivity index (χ1) is 12.8. The average Bonchev–Trinajstić information content (AvgIpc) is 3.36. The minimum absolute atomic E-state index is 0.0667. The quantitative estimate of drug-likeness (QED) is 0.715. The van der Waals surface area contributed by atoms with Gasteiger partial charge in [-0.15, -0.1) is 0 Å². The Morgan fingerprint density at radius 2 is 1.58 bits per heavy atom. The van der Waals surface area contributed by atoms with E-state index >= 15 is 0 Å². The maximum absolute atomic E-state index is 5.61. The summed E-state index contributed by atoms with van der Waals surface area (Å²) < 4.78 is 27.4. The van der Waals surface area contributed by atoms with Crippen molar-refractivity contribution in [2.24, 2.45) is 0 Å².